The molecule has 2 aliphatic heterocycles. The van der Waals surface area contributed by atoms with Crippen molar-refractivity contribution >= 4 is 34.7 Å². The lowest BCUT2D eigenvalue weighted by Gasteiger charge is -2.37. The van der Waals surface area contributed by atoms with Crippen molar-refractivity contribution in [1.29, 1.82) is 0 Å². The van der Waals surface area contributed by atoms with E-state index < -0.39 is 17.6 Å². The number of benzene rings is 2. The third-order valence-corrected chi connectivity index (χ3v) is 6.04. The van der Waals surface area contributed by atoms with Gasteiger partial charge in [-0.15, -0.1) is 0 Å². The second kappa shape index (κ2) is 8.09. The maximum absolute atomic E-state index is 13.7. The Bertz CT molecular complexity index is 1100. The van der Waals surface area contributed by atoms with E-state index in [4.69, 9.17) is 16.3 Å². The molecule has 2 atom stereocenters. The van der Waals surface area contributed by atoms with Crippen LogP contribution in [-0.2, 0) is 14.3 Å². The fourth-order valence-corrected chi connectivity index (χ4v) is 4.36. The largest absolute Gasteiger partial charge is 0.372 e. The molecule has 4 rings (SSSR count). The van der Waals surface area contributed by atoms with Crippen LogP contribution in [0.25, 0.3) is 5.57 Å². The van der Waals surface area contributed by atoms with Crippen LogP contribution in [0.5, 0.6) is 0 Å². The van der Waals surface area contributed by atoms with E-state index >= 15 is 0 Å². The number of carbonyl (C=O) groups excluding carboxylic acids is 2. The number of rotatable bonds is 3. The minimum atomic E-state index is -0.608. The Hall–Kier alpha value is -2.70. The van der Waals surface area contributed by atoms with Gasteiger partial charge in [-0.3, -0.25) is 9.59 Å². The number of ether oxygens (including phenoxy) is 1. The van der Waals surface area contributed by atoms with Crippen molar-refractivity contribution in [3.63, 3.8) is 0 Å². The van der Waals surface area contributed by atoms with Crippen LogP contribution < -0.4 is 4.90 Å². The predicted octanol–water partition coefficient (Wildman–Crippen LogP) is 4.49. The third kappa shape index (κ3) is 3.86. The molecule has 0 N–H and O–H groups in total. The molecule has 0 aromatic heterocycles. The van der Waals surface area contributed by atoms with E-state index in [0.29, 0.717) is 29.9 Å². The van der Waals surface area contributed by atoms with E-state index in [1.54, 1.807) is 0 Å². The highest BCUT2D eigenvalue weighted by Gasteiger charge is 2.44. The van der Waals surface area contributed by atoms with Gasteiger partial charge in [-0.2, -0.15) is 0 Å². The van der Waals surface area contributed by atoms with Crippen LogP contribution in [-0.4, -0.2) is 42.0 Å². The van der Waals surface area contributed by atoms with E-state index in [1.165, 1.54) is 12.1 Å². The Kier molecular flexibility index (Phi) is 5.62. The Morgan fingerprint density at radius 2 is 1.65 bits per heavy atom. The fraction of sp³-hybridized carbons (Fsp3) is 0.333. The van der Waals surface area contributed by atoms with Crippen molar-refractivity contribution in [3.8, 4) is 0 Å². The van der Waals surface area contributed by atoms with E-state index in [-0.39, 0.29) is 22.9 Å². The zero-order valence-electron chi connectivity index (χ0n) is 17.9. The van der Waals surface area contributed by atoms with Crippen LogP contribution in [0.3, 0.4) is 0 Å². The summed E-state index contributed by atoms with van der Waals surface area (Å²) in [5, 5.41) is -0.145. The quantitative estimate of drug-likeness (QED) is 0.657. The maximum Gasteiger partial charge on any atom is 0.282 e. The molecule has 0 saturated carbocycles. The van der Waals surface area contributed by atoms with Crippen molar-refractivity contribution in [2.45, 2.75) is 39.9 Å². The normalized spacial score (nSPS) is 22.0. The topological polar surface area (TPSA) is 49.9 Å². The van der Waals surface area contributed by atoms with Crippen molar-refractivity contribution < 1.29 is 18.7 Å². The average Bonchev–Trinajstić information content (AvgIpc) is 2.96. The number of hydrogen-bond donors (Lipinski definition) is 0. The first-order valence-corrected chi connectivity index (χ1v) is 10.6. The fourth-order valence-electron chi connectivity index (χ4n) is 4.19. The molecule has 2 unspecified atom stereocenters. The van der Waals surface area contributed by atoms with E-state index in [0.717, 1.165) is 22.1 Å². The highest BCUT2D eigenvalue weighted by molar-refractivity contribution is 6.45. The lowest BCUT2D eigenvalue weighted by Crippen LogP contribution is -2.47. The lowest BCUT2D eigenvalue weighted by molar-refractivity contribution is -0.121. The first-order valence-electron chi connectivity index (χ1n) is 10.2. The minimum absolute atomic E-state index is 0.0885. The molecule has 2 aromatic carbocycles. The van der Waals surface area contributed by atoms with Crippen molar-refractivity contribution in [1.82, 2.24) is 4.90 Å². The monoisotopic (exact) mass is 442 g/mol. The van der Waals surface area contributed by atoms with Crippen LogP contribution in [0.1, 0.15) is 30.5 Å². The molecule has 1 saturated heterocycles. The summed E-state index contributed by atoms with van der Waals surface area (Å²) in [5.74, 6) is -1.50. The summed E-state index contributed by atoms with van der Waals surface area (Å²) in [6, 6.07) is 9.57. The summed E-state index contributed by atoms with van der Waals surface area (Å²) in [4.78, 5) is 30.2. The summed E-state index contributed by atoms with van der Waals surface area (Å²) in [6.45, 7) is 8.83. The number of carbonyl (C=O) groups is 2. The minimum Gasteiger partial charge on any atom is -0.372 e. The molecule has 0 spiro atoms. The SMILES string of the molecule is Cc1ccc(C2=C(N3CC(C)OC(C)C3)C(=O)N(c3ccc(F)c(Cl)c3)C2=O)cc1C. The summed E-state index contributed by atoms with van der Waals surface area (Å²) in [5.41, 5.74) is 3.73. The van der Waals surface area contributed by atoms with Crippen LogP contribution >= 0.6 is 11.6 Å². The molecule has 2 amide bonds. The standard InChI is InChI=1S/C24H24ClFN2O3/c1-13-5-6-17(9-14(13)2)21-22(27-11-15(3)31-16(4)12-27)24(30)28(23(21)29)18-7-8-20(26)19(25)10-18/h5-10,15-16H,11-12H2,1-4H3. The van der Waals surface area contributed by atoms with Crippen molar-refractivity contribution in [2.75, 3.05) is 18.0 Å². The predicted molar refractivity (Wildman–Crippen MR) is 118 cm³/mol. The molecule has 7 heteroatoms. The van der Waals surface area contributed by atoms with Gasteiger partial charge in [-0.05, 0) is 62.6 Å². The number of morpholine rings is 1. The first-order chi connectivity index (χ1) is 14.7. The molecule has 162 valence electrons. The van der Waals surface area contributed by atoms with Gasteiger partial charge in [0.25, 0.3) is 11.8 Å². The van der Waals surface area contributed by atoms with Crippen LogP contribution in [0.4, 0.5) is 10.1 Å². The molecule has 5 nitrogen and oxygen atoms in total. The van der Waals surface area contributed by atoms with Crippen LogP contribution in [0, 0.1) is 19.7 Å². The van der Waals surface area contributed by atoms with Crippen molar-refractivity contribution in [3.05, 3.63) is 69.6 Å². The number of amides is 2. The highest BCUT2D eigenvalue weighted by Crippen LogP contribution is 2.37. The van der Waals surface area contributed by atoms with Gasteiger partial charge in [0, 0.05) is 13.1 Å². The average molecular weight is 443 g/mol. The zero-order valence-corrected chi connectivity index (χ0v) is 18.7. The molecule has 2 aromatic rings. The zero-order chi connectivity index (χ0) is 22.4. The van der Waals surface area contributed by atoms with Gasteiger partial charge >= 0.3 is 0 Å². The van der Waals surface area contributed by atoms with Gasteiger partial charge in [0.2, 0.25) is 0 Å². The molecular formula is C24H24ClFN2O3. The van der Waals surface area contributed by atoms with Gasteiger partial charge < -0.3 is 9.64 Å². The summed E-state index contributed by atoms with van der Waals surface area (Å²) in [6.07, 6.45) is -0.177. The maximum atomic E-state index is 13.7. The number of imide groups is 1. The Labute approximate surface area is 186 Å². The van der Waals surface area contributed by atoms with E-state index in [1.807, 2.05) is 50.8 Å². The second-order valence-corrected chi connectivity index (χ2v) is 8.64. The van der Waals surface area contributed by atoms with Gasteiger partial charge in [0.1, 0.15) is 11.5 Å². The highest BCUT2D eigenvalue weighted by atomic mass is 35.5. The van der Waals surface area contributed by atoms with Crippen LogP contribution in [0.15, 0.2) is 42.1 Å². The Morgan fingerprint density at radius 3 is 2.26 bits per heavy atom. The molecule has 0 aliphatic carbocycles. The first kappa shape index (κ1) is 21.5. The molecular weight excluding hydrogens is 419 g/mol. The van der Waals surface area contributed by atoms with Gasteiger partial charge in [-0.1, -0.05) is 29.8 Å². The molecule has 0 bridgehead atoms. The molecule has 31 heavy (non-hydrogen) atoms. The summed E-state index contributed by atoms with van der Waals surface area (Å²) in [7, 11) is 0. The molecule has 2 aliphatic rings. The molecule has 0 radical (unpaired) electrons. The number of nitrogens with zero attached hydrogens (tertiary/aromatic N) is 2. The summed E-state index contributed by atoms with van der Waals surface area (Å²) < 4.78 is 19.5. The van der Waals surface area contributed by atoms with E-state index in [9.17, 15) is 14.0 Å². The third-order valence-electron chi connectivity index (χ3n) is 5.75. The number of aryl methyl sites for hydroxylation is 2. The molecule has 1 fully saturated rings. The molecule has 2 heterocycles. The Morgan fingerprint density at radius 1 is 0.968 bits per heavy atom. The van der Waals surface area contributed by atoms with Crippen molar-refractivity contribution in [2.24, 2.45) is 0 Å². The van der Waals surface area contributed by atoms with Gasteiger partial charge in [0.15, 0.2) is 0 Å². The second-order valence-electron chi connectivity index (χ2n) is 8.23. The lowest BCUT2D eigenvalue weighted by atomic mass is 9.99. The smallest absolute Gasteiger partial charge is 0.282 e. The van der Waals surface area contributed by atoms with Gasteiger partial charge in [-0.25, -0.2) is 9.29 Å². The number of halogens is 2. The Balaban J connectivity index is 1.86. The van der Waals surface area contributed by atoms with Gasteiger partial charge in [0.05, 0.1) is 28.5 Å². The number of anilines is 1. The van der Waals surface area contributed by atoms with Crippen LogP contribution in [0.2, 0.25) is 5.02 Å². The number of hydrogen-bond acceptors (Lipinski definition) is 4. The summed E-state index contributed by atoms with van der Waals surface area (Å²) >= 11 is 5.94. The van der Waals surface area contributed by atoms with E-state index in [2.05, 4.69) is 0 Å².